The molecule has 0 bridgehead atoms. The van der Waals surface area contributed by atoms with Crippen molar-refractivity contribution in [1.29, 1.82) is 0 Å². The molecule has 1 amide bonds. The second-order valence-corrected chi connectivity index (χ2v) is 7.41. The molecular formula is C20H26N4O3. The van der Waals surface area contributed by atoms with E-state index in [1.54, 1.807) is 6.92 Å². The lowest BCUT2D eigenvalue weighted by Crippen LogP contribution is -2.39. The zero-order chi connectivity index (χ0) is 18.6. The van der Waals surface area contributed by atoms with Crippen LogP contribution in [0.2, 0.25) is 0 Å². The second kappa shape index (κ2) is 8.08. The van der Waals surface area contributed by atoms with Crippen LogP contribution >= 0.6 is 0 Å². The van der Waals surface area contributed by atoms with E-state index in [0.29, 0.717) is 18.6 Å². The molecule has 2 heterocycles. The van der Waals surface area contributed by atoms with Crippen LogP contribution in [-0.4, -0.2) is 47.3 Å². The van der Waals surface area contributed by atoms with E-state index in [9.17, 15) is 4.79 Å². The van der Waals surface area contributed by atoms with Gasteiger partial charge in [0.15, 0.2) is 0 Å². The van der Waals surface area contributed by atoms with E-state index in [4.69, 9.17) is 9.47 Å². The van der Waals surface area contributed by atoms with Crippen LogP contribution in [0.15, 0.2) is 24.4 Å². The summed E-state index contributed by atoms with van der Waals surface area (Å²) in [7, 11) is 0. The summed E-state index contributed by atoms with van der Waals surface area (Å²) in [6.45, 7) is 2.99. The predicted octanol–water partition coefficient (Wildman–Crippen LogP) is 2.66. The van der Waals surface area contributed by atoms with Crippen molar-refractivity contribution < 1.29 is 14.3 Å². The molecule has 7 nitrogen and oxygen atoms in total. The topological polar surface area (TPSA) is 85.4 Å². The van der Waals surface area contributed by atoms with Crippen molar-refractivity contribution in [3.05, 3.63) is 24.4 Å². The van der Waals surface area contributed by atoms with Crippen LogP contribution in [0.3, 0.4) is 0 Å². The van der Waals surface area contributed by atoms with Crippen molar-refractivity contribution >= 4 is 22.8 Å². The zero-order valence-corrected chi connectivity index (χ0v) is 15.6. The lowest BCUT2D eigenvalue weighted by molar-refractivity contribution is -0.119. The van der Waals surface area contributed by atoms with E-state index in [0.717, 1.165) is 55.4 Å². The molecule has 1 aromatic carbocycles. The maximum absolute atomic E-state index is 11.2. The summed E-state index contributed by atoms with van der Waals surface area (Å²) >= 11 is 0. The number of aromatic nitrogens is 2. The van der Waals surface area contributed by atoms with Crippen LogP contribution in [0.4, 0.5) is 5.95 Å². The van der Waals surface area contributed by atoms with Gasteiger partial charge in [0.05, 0.1) is 18.7 Å². The van der Waals surface area contributed by atoms with E-state index >= 15 is 0 Å². The molecule has 1 aliphatic carbocycles. The largest absolute Gasteiger partial charge is 0.488 e. The Morgan fingerprint density at radius 1 is 1.19 bits per heavy atom. The monoisotopic (exact) mass is 370 g/mol. The first-order valence-corrected chi connectivity index (χ1v) is 9.70. The number of anilines is 1. The molecule has 27 heavy (non-hydrogen) atoms. The van der Waals surface area contributed by atoms with Gasteiger partial charge >= 0.3 is 0 Å². The smallest absolute Gasteiger partial charge is 0.223 e. The molecule has 4 rings (SSSR count). The number of nitrogens with one attached hydrogen (secondary N) is 2. The molecule has 1 saturated heterocycles. The number of rotatable bonds is 5. The van der Waals surface area contributed by atoms with Crippen LogP contribution in [0, 0.1) is 0 Å². The van der Waals surface area contributed by atoms with E-state index in [-0.39, 0.29) is 18.1 Å². The Labute approximate surface area is 158 Å². The van der Waals surface area contributed by atoms with Gasteiger partial charge in [-0.1, -0.05) is 0 Å². The highest BCUT2D eigenvalue weighted by Gasteiger charge is 2.22. The lowest BCUT2D eigenvalue weighted by atomic mass is 9.91. The third-order valence-electron chi connectivity index (χ3n) is 5.21. The first-order chi connectivity index (χ1) is 13.2. The number of amides is 1. The Kier molecular flexibility index (Phi) is 5.38. The number of benzene rings is 1. The first kappa shape index (κ1) is 18.0. The van der Waals surface area contributed by atoms with Gasteiger partial charge in [0.1, 0.15) is 11.9 Å². The fourth-order valence-corrected chi connectivity index (χ4v) is 3.80. The Balaban J connectivity index is 1.39. The standard InChI is InChI=1S/C20H26N4O3/c1-13(25)22-15-3-5-16(6-4-15)23-20-21-11-14-2-7-17(10-19(14)24-20)27-18-8-9-26-12-18/h2,7,10-11,15-16,18H,3-6,8-9,12H2,1H3,(H,22,25)(H,21,23,24). The number of carbonyl (C=O) groups is 1. The summed E-state index contributed by atoms with van der Waals surface area (Å²) in [5.74, 6) is 1.51. The molecule has 1 aromatic heterocycles. The Hall–Kier alpha value is -2.41. The molecule has 2 aliphatic rings. The van der Waals surface area contributed by atoms with Gasteiger partial charge in [0, 0.05) is 43.1 Å². The normalized spacial score (nSPS) is 25.3. The number of hydrogen-bond acceptors (Lipinski definition) is 6. The molecule has 1 atom stereocenters. The Morgan fingerprint density at radius 3 is 2.74 bits per heavy atom. The van der Waals surface area contributed by atoms with Gasteiger partial charge < -0.3 is 20.1 Å². The molecule has 2 aromatic rings. The van der Waals surface area contributed by atoms with Gasteiger partial charge in [0.2, 0.25) is 11.9 Å². The number of nitrogens with zero attached hydrogens (tertiary/aromatic N) is 2. The van der Waals surface area contributed by atoms with Crippen LogP contribution in [0.25, 0.3) is 10.9 Å². The van der Waals surface area contributed by atoms with Gasteiger partial charge in [-0.2, -0.15) is 0 Å². The molecule has 2 N–H and O–H groups in total. The fraction of sp³-hybridized carbons (Fsp3) is 0.550. The molecule has 0 spiro atoms. The van der Waals surface area contributed by atoms with Crippen LogP contribution in [0.1, 0.15) is 39.0 Å². The van der Waals surface area contributed by atoms with E-state index in [1.165, 1.54) is 0 Å². The van der Waals surface area contributed by atoms with Crippen LogP contribution in [0.5, 0.6) is 5.75 Å². The highest BCUT2D eigenvalue weighted by atomic mass is 16.5. The highest BCUT2D eigenvalue weighted by Crippen LogP contribution is 2.24. The third-order valence-corrected chi connectivity index (χ3v) is 5.21. The van der Waals surface area contributed by atoms with Crippen LogP contribution in [-0.2, 0) is 9.53 Å². The van der Waals surface area contributed by atoms with Crippen molar-refractivity contribution in [2.75, 3.05) is 18.5 Å². The zero-order valence-electron chi connectivity index (χ0n) is 15.6. The lowest BCUT2D eigenvalue weighted by Gasteiger charge is -2.29. The minimum Gasteiger partial charge on any atom is -0.488 e. The molecule has 1 aliphatic heterocycles. The summed E-state index contributed by atoms with van der Waals surface area (Å²) in [6.07, 6.45) is 6.85. The Morgan fingerprint density at radius 2 is 2.00 bits per heavy atom. The average Bonchev–Trinajstić information content (AvgIpc) is 3.16. The van der Waals surface area contributed by atoms with Gasteiger partial charge in [-0.15, -0.1) is 0 Å². The Bertz CT molecular complexity index is 799. The SMILES string of the molecule is CC(=O)NC1CCC(Nc2ncc3ccc(OC4CCOC4)cc3n2)CC1. The van der Waals surface area contributed by atoms with Gasteiger partial charge in [0.25, 0.3) is 0 Å². The average molecular weight is 370 g/mol. The first-order valence-electron chi connectivity index (χ1n) is 9.70. The quantitative estimate of drug-likeness (QED) is 0.842. The summed E-state index contributed by atoms with van der Waals surface area (Å²) < 4.78 is 11.3. The van der Waals surface area contributed by atoms with Crippen molar-refractivity contribution in [3.63, 3.8) is 0 Å². The molecule has 7 heteroatoms. The van der Waals surface area contributed by atoms with Crippen molar-refractivity contribution in [2.24, 2.45) is 0 Å². The minimum atomic E-state index is 0.0476. The second-order valence-electron chi connectivity index (χ2n) is 7.41. The van der Waals surface area contributed by atoms with Gasteiger partial charge in [-0.3, -0.25) is 4.79 Å². The summed E-state index contributed by atoms with van der Waals surface area (Å²) in [4.78, 5) is 20.3. The number of hydrogen-bond donors (Lipinski definition) is 2. The van der Waals surface area contributed by atoms with Crippen LogP contribution < -0.4 is 15.4 Å². The molecule has 1 unspecified atom stereocenters. The van der Waals surface area contributed by atoms with Crippen molar-refractivity contribution in [1.82, 2.24) is 15.3 Å². The number of fused-ring (bicyclic) bond motifs is 1. The van der Waals surface area contributed by atoms with E-state index < -0.39 is 0 Å². The van der Waals surface area contributed by atoms with Gasteiger partial charge in [-0.05, 0) is 37.8 Å². The molecule has 144 valence electrons. The predicted molar refractivity (Wildman–Crippen MR) is 103 cm³/mol. The fourth-order valence-electron chi connectivity index (χ4n) is 3.80. The third kappa shape index (κ3) is 4.66. The number of ether oxygens (including phenoxy) is 2. The summed E-state index contributed by atoms with van der Waals surface area (Å²) in [6, 6.07) is 6.54. The van der Waals surface area contributed by atoms with E-state index in [2.05, 4.69) is 20.6 Å². The maximum atomic E-state index is 11.2. The van der Waals surface area contributed by atoms with Crippen molar-refractivity contribution in [2.45, 2.75) is 57.2 Å². The maximum Gasteiger partial charge on any atom is 0.223 e. The molecule has 2 fully saturated rings. The van der Waals surface area contributed by atoms with Gasteiger partial charge in [-0.25, -0.2) is 9.97 Å². The number of carbonyl (C=O) groups excluding carboxylic acids is 1. The summed E-state index contributed by atoms with van der Waals surface area (Å²) in [5, 5.41) is 7.44. The minimum absolute atomic E-state index is 0.0476. The highest BCUT2D eigenvalue weighted by molar-refractivity contribution is 5.80. The molecular weight excluding hydrogens is 344 g/mol. The van der Waals surface area contributed by atoms with E-state index in [1.807, 2.05) is 24.4 Å². The summed E-state index contributed by atoms with van der Waals surface area (Å²) in [5.41, 5.74) is 0.871. The molecule has 0 radical (unpaired) electrons. The van der Waals surface area contributed by atoms with Crippen molar-refractivity contribution in [3.8, 4) is 5.75 Å². The molecule has 1 saturated carbocycles.